The third-order valence-electron chi connectivity index (χ3n) is 1.91. The molecule has 0 radical (unpaired) electrons. The predicted molar refractivity (Wildman–Crippen MR) is 58.0 cm³/mol. The zero-order valence-corrected chi connectivity index (χ0v) is 8.95. The second-order valence-electron chi connectivity index (χ2n) is 2.90. The highest BCUT2D eigenvalue weighted by molar-refractivity contribution is 7.03. The van der Waals surface area contributed by atoms with Crippen molar-refractivity contribution >= 4 is 11.5 Å². The van der Waals surface area contributed by atoms with Crippen LogP contribution in [-0.4, -0.2) is 16.2 Å². The van der Waals surface area contributed by atoms with Crippen LogP contribution in [0.1, 0.15) is 0 Å². The summed E-state index contributed by atoms with van der Waals surface area (Å²) >= 11 is 1.55. The number of hydrogen-bond acceptors (Lipinski definition) is 3. The van der Waals surface area contributed by atoms with Crippen molar-refractivity contribution in [1.82, 2.24) is 9.17 Å². The van der Waals surface area contributed by atoms with Crippen molar-refractivity contribution in [2.75, 3.05) is 7.05 Å². The van der Waals surface area contributed by atoms with E-state index in [1.165, 1.54) is 0 Å². The van der Waals surface area contributed by atoms with Gasteiger partial charge < -0.3 is 0 Å². The lowest BCUT2D eigenvalue weighted by atomic mass is 10.2. The first-order valence-electron chi connectivity index (χ1n) is 4.34. The second-order valence-corrected chi connectivity index (χ2v) is 4.00. The SMILES string of the molecule is CN=c1sn(C)nc1-c1ccccc1. The van der Waals surface area contributed by atoms with E-state index in [9.17, 15) is 0 Å². The Morgan fingerprint density at radius 2 is 2.00 bits per heavy atom. The number of benzene rings is 1. The predicted octanol–water partition coefficient (Wildman–Crippen LogP) is 1.68. The van der Waals surface area contributed by atoms with Gasteiger partial charge in [-0.3, -0.25) is 4.99 Å². The van der Waals surface area contributed by atoms with Gasteiger partial charge in [-0.1, -0.05) is 30.3 Å². The quantitative estimate of drug-likeness (QED) is 0.696. The van der Waals surface area contributed by atoms with Gasteiger partial charge in [0.15, 0.2) is 4.67 Å². The molecule has 0 saturated heterocycles. The van der Waals surface area contributed by atoms with Crippen LogP contribution in [0.5, 0.6) is 0 Å². The van der Waals surface area contributed by atoms with Gasteiger partial charge in [-0.05, 0) is 11.5 Å². The minimum absolute atomic E-state index is 0.959. The van der Waals surface area contributed by atoms with E-state index in [4.69, 9.17) is 0 Å². The monoisotopic (exact) mass is 205 g/mol. The summed E-state index contributed by atoms with van der Waals surface area (Å²) in [6, 6.07) is 10.1. The van der Waals surface area contributed by atoms with Gasteiger partial charge in [0.05, 0.1) is 0 Å². The molecule has 0 unspecified atom stereocenters. The molecule has 0 fully saturated rings. The van der Waals surface area contributed by atoms with Gasteiger partial charge in [-0.25, -0.2) is 4.07 Å². The molecule has 0 saturated carbocycles. The molecule has 0 spiro atoms. The van der Waals surface area contributed by atoms with Gasteiger partial charge in [-0.2, -0.15) is 5.10 Å². The highest BCUT2D eigenvalue weighted by atomic mass is 32.1. The molecule has 0 bridgehead atoms. The maximum absolute atomic E-state index is 4.39. The highest BCUT2D eigenvalue weighted by Crippen LogP contribution is 2.12. The van der Waals surface area contributed by atoms with Crippen LogP contribution in [0.2, 0.25) is 0 Å². The summed E-state index contributed by atoms with van der Waals surface area (Å²) in [4.78, 5) is 4.20. The third kappa shape index (κ3) is 1.61. The zero-order chi connectivity index (χ0) is 9.97. The van der Waals surface area contributed by atoms with E-state index in [2.05, 4.69) is 10.1 Å². The minimum Gasteiger partial charge on any atom is -0.275 e. The van der Waals surface area contributed by atoms with Crippen molar-refractivity contribution < 1.29 is 0 Å². The number of aryl methyl sites for hydroxylation is 1. The van der Waals surface area contributed by atoms with Gasteiger partial charge in [-0.15, -0.1) is 0 Å². The zero-order valence-electron chi connectivity index (χ0n) is 8.14. The lowest BCUT2D eigenvalue weighted by Crippen LogP contribution is -1.97. The van der Waals surface area contributed by atoms with Crippen LogP contribution in [0, 0.1) is 0 Å². The van der Waals surface area contributed by atoms with E-state index in [1.807, 2.05) is 41.5 Å². The fraction of sp³-hybridized carbons (Fsp3) is 0.200. The molecule has 0 aliphatic heterocycles. The smallest absolute Gasteiger partial charge is 0.156 e. The average molecular weight is 205 g/mol. The highest BCUT2D eigenvalue weighted by Gasteiger charge is 2.04. The van der Waals surface area contributed by atoms with Gasteiger partial charge in [0.1, 0.15) is 5.69 Å². The summed E-state index contributed by atoms with van der Waals surface area (Å²) in [5, 5.41) is 4.39. The number of nitrogens with zero attached hydrogens (tertiary/aromatic N) is 3. The lowest BCUT2D eigenvalue weighted by Gasteiger charge is -1.93. The fourth-order valence-electron chi connectivity index (χ4n) is 1.30. The molecule has 4 heteroatoms. The van der Waals surface area contributed by atoms with Crippen LogP contribution in [0.4, 0.5) is 0 Å². The molecule has 14 heavy (non-hydrogen) atoms. The summed E-state index contributed by atoms with van der Waals surface area (Å²) in [5.74, 6) is 0. The van der Waals surface area contributed by atoms with Crippen molar-refractivity contribution in [3.63, 3.8) is 0 Å². The maximum Gasteiger partial charge on any atom is 0.156 e. The van der Waals surface area contributed by atoms with Crippen LogP contribution in [0.3, 0.4) is 0 Å². The Kier molecular flexibility index (Phi) is 2.45. The van der Waals surface area contributed by atoms with Crippen molar-refractivity contribution in [3.8, 4) is 11.3 Å². The van der Waals surface area contributed by atoms with Crippen LogP contribution in [-0.2, 0) is 7.05 Å². The van der Waals surface area contributed by atoms with Crippen LogP contribution >= 0.6 is 11.5 Å². The molecule has 0 aliphatic carbocycles. The summed E-state index contributed by atoms with van der Waals surface area (Å²) in [5.41, 5.74) is 2.07. The first-order valence-corrected chi connectivity index (χ1v) is 5.11. The Morgan fingerprint density at radius 1 is 1.29 bits per heavy atom. The van der Waals surface area contributed by atoms with Gasteiger partial charge in [0, 0.05) is 19.7 Å². The molecule has 2 rings (SSSR count). The first kappa shape index (κ1) is 9.15. The van der Waals surface area contributed by atoms with Gasteiger partial charge >= 0.3 is 0 Å². The summed E-state index contributed by atoms with van der Waals surface area (Å²) < 4.78 is 2.80. The van der Waals surface area contributed by atoms with Crippen LogP contribution < -0.4 is 4.67 Å². The summed E-state index contributed by atoms with van der Waals surface area (Å²) in [6.45, 7) is 0. The normalized spacial score (nSPS) is 12.0. The van der Waals surface area contributed by atoms with Crippen molar-refractivity contribution in [1.29, 1.82) is 0 Å². The maximum atomic E-state index is 4.39. The minimum atomic E-state index is 0.959. The van der Waals surface area contributed by atoms with E-state index in [1.54, 1.807) is 18.6 Å². The largest absolute Gasteiger partial charge is 0.275 e. The average Bonchev–Trinajstić information content (AvgIpc) is 2.61. The van der Waals surface area contributed by atoms with Crippen LogP contribution in [0.25, 0.3) is 11.3 Å². The number of aromatic nitrogens is 2. The molecule has 2 aromatic rings. The molecule has 1 aromatic heterocycles. The van der Waals surface area contributed by atoms with Crippen molar-refractivity contribution in [2.24, 2.45) is 12.0 Å². The fourth-order valence-corrected chi connectivity index (χ4v) is 2.00. The summed E-state index contributed by atoms with van der Waals surface area (Å²) in [6.07, 6.45) is 0. The number of hydrogen-bond donors (Lipinski definition) is 0. The molecule has 0 N–H and O–H groups in total. The van der Waals surface area contributed by atoms with E-state index < -0.39 is 0 Å². The van der Waals surface area contributed by atoms with E-state index in [-0.39, 0.29) is 0 Å². The second kappa shape index (κ2) is 3.75. The Morgan fingerprint density at radius 3 is 2.64 bits per heavy atom. The number of rotatable bonds is 1. The molecule has 0 amide bonds. The molecule has 72 valence electrons. The standard InChI is InChI=1S/C10H11N3S/c1-11-10-9(12-13(2)14-10)8-6-4-3-5-7-8/h3-7H,1-2H3. The molecule has 3 nitrogen and oxygen atoms in total. The molecule has 0 atom stereocenters. The van der Waals surface area contributed by atoms with E-state index in [0.717, 1.165) is 15.9 Å². The van der Waals surface area contributed by atoms with E-state index >= 15 is 0 Å². The molecular formula is C10H11N3S. The molecule has 1 heterocycles. The molecule has 0 aliphatic rings. The van der Waals surface area contributed by atoms with Crippen molar-refractivity contribution in [3.05, 3.63) is 35.0 Å². The Bertz CT molecular complexity index is 482. The van der Waals surface area contributed by atoms with Crippen molar-refractivity contribution in [2.45, 2.75) is 0 Å². The van der Waals surface area contributed by atoms with Crippen LogP contribution in [0.15, 0.2) is 35.3 Å². The van der Waals surface area contributed by atoms with E-state index in [0.29, 0.717) is 0 Å². The topological polar surface area (TPSA) is 30.2 Å². The summed E-state index contributed by atoms with van der Waals surface area (Å²) in [7, 11) is 3.71. The third-order valence-corrected chi connectivity index (χ3v) is 2.81. The Hall–Kier alpha value is -1.42. The van der Waals surface area contributed by atoms with Gasteiger partial charge in [0.25, 0.3) is 0 Å². The lowest BCUT2D eigenvalue weighted by molar-refractivity contribution is 0.845. The Balaban J connectivity index is 2.63. The Labute approximate surface area is 86.5 Å². The molecular weight excluding hydrogens is 194 g/mol. The first-order chi connectivity index (χ1) is 6.81. The van der Waals surface area contributed by atoms with Gasteiger partial charge in [0.2, 0.25) is 0 Å². The molecule has 1 aromatic carbocycles.